The molecule has 6 heteroatoms. The summed E-state index contributed by atoms with van der Waals surface area (Å²) in [5.74, 6) is 0.201. The quantitative estimate of drug-likeness (QED) is 0.899. The third-order valence-corrected chi connectivity index (χ3v) is 4.09. The van der Waals surface area contributed by atoms with Crippen molar-refractivity contribution in [2.24, 2.45) is 5.41 Å². The second kappa shape index (κ2) is 5.26. The number of nitrogens with zero attached hydrogens (tertiary/aromatic N) is 2. The highest BCUT2D eigenvalue weighted by molar-refractivity contribution is 9.10. The van der Waals surface area contributed by atoms with E-state index in [9.17, 15) is 4.79 Å². The number of anilines is 1. The topological polar surface area (TPSA) is 68.0 Å². The molecule has 1 N–H and O–H groups in total. The number of carbonyl (C=O) groups is 1. The van der Waals surface area contributed by atoms with E-state index in [0.29, 0.717) is 11.4 Å². The zero-order valence-corrected chi connectivity index (χ0v) is 13.5. The van der Waals surface area contributed by atoms with Crippen molar-refractivity contribution < 1.29 is 9.21 Å². The van der Waals surface area contributed by atoms with E-state index in [-0.39, 0.29) is 11.7 Å². The third-order valence-electron chi connectivity index (χ3n) is 3.68. The number of halogens is 1. The summed E-state index contributed by atoms with van der Waals surface area (Å²) in [7, 11) is 0. The zero-order valence-electron chi connectivity index (χ0n) is 11.9. The van der Waals surface area contributed by atoms with Crippen molar-refractivity contribution in [3.05, 3.63) is 40.0 Å². The highest BCUT2D eigenvalue weighted by atomic mass is 79.9. The van der Waals surface area contributed by atoms with Crippen LogP contribution in [0.25, 0.3) is 0 Å². The normalized spacial score (nSPS) is 16.3. The first kappa shape index (κ1) is 14.3. The van der Waals surface area contributed by atoms with Crippen LogP contribution in [0.4, 0.5) is 5.95 Å². The molecule has 0 aromatic carbocycles. The van der Waals surface area contributed by atoms with Gasteiger partial charge in [0, 0.05) is 18.0 Å². The predicted molar refractivity (Wildman–Crippen MR) is 82.2 cm³/mol. The Bertz CT molecular complexity index is 694. The average Bonchev–Trinajstić information content (AvgIpc) is 2.85. The number of aromatic nitrogens is 2. The monoisotopic (exact) mass is 349 g/mol. The maximum atomic E-state index is 12.0. The minimum Gasteiger partial charge on any atom is -0.458 e. The van der Waals surface area contributed by atoms with Crippen LogP contribution in [0.15, 0.2) is 27.4 Å². The summed E-state index contributed by atoms with van der Waals surface area (Å²) in [5.41, 5.74) is 2.49. The zero-order chi connectivity index (χ0) is 15.0. The lowest BCUT2D eigenvalue weighted by molar-refractivity contribution is 0.0995. The first-order valence-electron chi connectivity index (χ1n) is 6.83. The molecular formula is C15H16BrN3O2. The van der Waals surface area contributed by atoms with E-state index < -0.39 is 0 Å². The summed E-state index contributed by atoms with van der Waals surface area (Å²) in [4.78, 5) is 20.7. The molecule has 3 rings (SSSR count). The van der Waals surface area contributed by atoms with Gasteiger partial charge in [0.25, 0.3) is 5.91 Å². The van der Waals surface area contributed by atoms with Gasteiger partial charge in [-0.05, 0) is 46.2 Å². The summed E-state index contributed by atoms with van der Waals surface area (Å²) < 4.78 is 5.85. The van der Waals surface area contributed by atoms with Gasteiger partial charge in [-0.25, -0.2) is 9.97 Å². The van der Waals surface area contributed by atoms with Crippen molar-refractivity contribution in [3.63, 3.8) is 0 Å². The SMILES string of the molecule is CC1(C)CCc2nc(NC(=O)c3cc(Br)co3)ncc2C1. The number of furan rings is 1. The van der Waals surface area contributed by atoms with E-state index in [1.807, 2.05) is 6.20 Å². The highest BCUT2D eigenvalue weighted by Gasteiger charge is 2.26. The molecule has 0 radical (unpaired) electrons. The summed E-state index contributed by atoms with van der Waals surface area (Å²) in [5, 5.41) is 2.67. The van der Waals surface area contributed by atoms with Gasteiger partial charge in [-0.3, -0.25) is 10.1 Å². The third kappa shape index (κ3) is 3.15. The molecular weight excluding hydrogens is 334 g/mol. The van der Waals surface area contributed by atoms with Crippen LogP contribution >= 0.6 is 15.9 Å². The Morgan fingerprint density at radius 3 is 3.00 bits per heavy atom. The van der Waals surface area contributed by atoms with E-state index in [0.717, 1.165) is 29.4 Å². The predicted octanol–water partition coefficient (Wildman–Crippen LogP) is 3.60. The number of rotatable bonds is 2. The van der Waals surface area contributed by atoms with E-state index in [4.69, 9.17) is 4.42 Å². The average molecular weight is 350 g/mol. The summed E-state index contributed by atoms with van der Waals surface area (Å²) in [6.45, 7) is 4.50. The van der Waals surface area contributed by atoms with Gasteiger partial charge in [-0.2, -0.15) is 0 Å². The fraction of sp³-hybridized carbons (Fsp3) is 0.400. The molecule has 0 atom stereocenters. The number of fused-ring (bicyclic) bond motifs is 1. The number of aryl methyl sites for hydroxylation is 1. The molecule has 1 aliphatic rings. The molecule has 0 bridgehead atoms. The first-order valence-corrected chi connectivity index (χ1v) is 7.62. The van der Waals surface area contributed by atoms with Gasteiger partial charge in [0.1, 0.15) is 6.26 Å². The number of hydrogen-bond donors (Lipinski definition) is 1. The Hall–Kier alpha value is -1.69. The molecule has 1 amide bonds. The van der Waals surface area contributed by atoms with Crippen LogP contribution < -0.4 is 5.32 Å². The molecule has 0 saturated carbocycles. The second-order valence-electron chi connectivity index (χ2n) is 6.09. The molecule has 2 aromatic heterocycles. The van der Waals surface area contributed by atoms with E-state index in [1.54, 1.807) is 6.07 Å². The molecule has 0 unspecified atom stereocenters. The maximum Gasteiger partial charge on any atom is 0.293 e. The van der Waals surface area contributed by atoms with Gasteiger partial charge in [-0.15, -0.1) is 0 Å². The van der Waals surface area contributed by atoms with Crippen molar-refractivity contribution in [2.75, 3.05) is 5.32 Å². The van der Waals surface area contributed by atoms with E-state index in [1.165, 1.54) is 11.8 Å². The summed E-state index contributed by atoms with van der Waals surface area (Å²) >= 11 is 3.24. The lowest BCUT2D eigenvalue weighted by Gasteiger charge is -2.30. The van der Waals surface area contributed by atoms with Crippen LogP contribution in [0.2, 0.25) is 0 Å². The molecule has 2 heterocycles. The van der Waals surface area contributed by atoms with Crippen LogP contribution in [0.5, 0.6) is 0 Å². The first-order chi connectivity index (χ1) is 9.93. The molecule has 110 valence electrons. The van der Waals surface area contributed by atoms with E-state index >= 15 is 0 Å². The summed E-state index contributed by atoms with van der Waals surface area (Å²) in [6, 6.07) is 1.61. The van der Waals surface area contributed by atoms with Crippen LogP contribution in [-0.2, 0) is 12.8 Å². The Balaban J connectivity index is 1.77. The fourth-order valence-electron chi connectivity index (χ4n) is 2.52. The maximum absolute atomic E-state index is 12.0. The van der Waals surface area contributed by atoms with Crippen molar-refractivity contribution in [2.45, 2.75) is 33.1 Å². The Morgan fingerprint density at radius 1 is 1.48 bits per heavy atom. The van der Waals surface area contributed by atoms with Crippen molar-refractivity contribution in [1.29, 1.82) is 0 Å². The standard InChI is InChI=1S/C15H16BrN3O2/c1-15(2)4-3-11-9(6-15)7-17-14(18-11)19-13(20)12-5-10(16)8-21-12/h5,7-8H,3-4,6H2,1-2H3,(H,17,18,19,20). The Kier molecular flexibility index (Phi) is 3.57. The smallest absolute Gasteiger partial charge is 0.293 e. The molecule has 1 aliphatic carbocycles. The number of carbonyl (C=O) groups excluding carboxylic acids is 1. The molecule has 0 fully saturated rings. The minimum absolute atomic E-state index is 0.226. The fourth-order valence-corrected chi connectivity index (χ4v) is 2.82. The lowest BCUT2D eigenvalue weighted by atomic mass is 9.76. The Morgan fingerprint density at radius 2 is 2.29 bits per heavy atom. The van der Waals surface area contributed by atoms with Gasteiger partial charge in [-0.1, -0.05) is 13.8 Å². The van der Waals surface area contributed by atoms with Crippen molar-refractivity contribution in [3.8, 4) is 0 Å². The van der Waals surface area contributed by atoms with Gasteiger partial charge in [0.15, 0.2) is 5.76 Å². The van der Waals surface area contributed by atoms with Gasteiger partial charge < -0.3 is 4.42 Å². The number of amides is 1. The molecule has 0 spiro atoms. The van der Waals surface area contributed by atoms with E-state index in [2.05, 4.69) is 45.1 Å². The second-order valence-corrected chi connectivity index (χ2v) is 7.01. The molecule has 0 saturated heterocycles. The van der Waals surface area contributed by atoms with Gasteiger partial charge in [0.05, 0.1) is 4.47 Å². The molecule has 21 heavy (non-hydrogen) atoms. The van der Waals surface area contributed by atoms with Crippen LogP contribution in [-0.4, -0.2) is 15.9 Å². The largest absolute Gasteiger partial charge is 0.458 e. The minimum atomic E-state index is -0.350. The molecule has 5 nitrogen and oxygen atoms in total. The number of nitrogens with one attached hydrogen (secondary N) is 1. The van der Waals surface area contributed by atoms with Crippen LogP contribution in [0.3, 0.4) is 0 Å². The van der Waals surface area contributed by atoms with Crippen LogP contribution in [0.1, 0.15) is 42.1 Å². The molecule has 0 aliphatic heterocycles. The van der Waals surface area contributed by atoms with Crippen molar-refractivity contribution in [1.82, 2.24) is 9.97 Å². The summed E-state index contributed by atoms with van der Waals surface area (Å²) in [6.07, 6.45) is 6.26. The number of hydrogen-bond acceptors (Lipinski definition) is 4. The lowest BCUT2D eigenvalue weighted by Crippen LogP contribution is -2.24. The van der Waals surface area contributed by atoms with Crippen molar-refractivity contribution >= 4 is 27.8 Å². The Labute approximate surface area is 131 Å². The van der Waals surface area contributed by atoms with Crippen LogP contribution in [0, 0.1) is 5.41 Å². The molecule has 2 aromatic rings. The highest BCUT2D eigenvalue weighted by Crippen LogP contribution is 2.33. The van der Waals surface area contributed by atoms with Gasteiger partial charge in [0.2, 0.25) is 5.95 Å². The van der Waals surface area contributed by atoms with Gasteiger partial charge >= 0.3 is 0 Å².